The molecule has 1 aromatic carbocycles. The van der Waals surface area contributed by atoms with Gasteiger partial charge in [0.05, 0.1) is 11.6 Å². The van der Waals surface area contributed by atoms with Crippen molar-refractivity contribution >= 4 is 17.2 Å². The Morgan fingerprint density at radius 2 is 2.33 bits per heavy atom. The molecule has 0 aliphatic rings. The lowest BCUT2D eigenvalue weighted by Crippen LogP contribution is -2.32. The van der Waals surface area contributed by atoms with Gasteiger partial charge in [-0.25, -0.2) is 4.98 Å². The second-order valence-electron chi connectivity index (χ2n) is 4.30. The summed E-state index contributed by atoms with van der Waals surface area (Å²) in [5.74, 6) is 0.183. The molecule has 0 radical (unpaired) electrons. The number of amides is 1. The van der Waals surface area contributed by atoms with Crippen molar-refractivity contribution in [2.45, 2.75) is 19.4 Å². The number of rotatable bonds is 6. The van der Waals surface area contributed by atoms with Crippen molar-refractivity contribution in [3.63, 3.8) is 0 Å². The lowest BCUT2D eigenvalue weighted by atomic mass is 10.2. The van der Waals surface area contributed by atoms with E-state index in [4.69, 9.17) is 10.00 Å². The zero-order valence-corrected chi connectivity index (χ0v) is 12.4. The van der Waals surface area contributed by atoms with Crippen molar-refractivity contribution in [1.29, 1.82) is 5.26 Å². The van der Waals surface area contributed by atoms with Crippen LogP contribution < -0.4 is 10.1 Å². The molecule has 2 aromatic rings. The molecule has 21 heavy (non-hydrogen) atoms. The Morgan fingerprint density at radius 3 is 3.00 bits per heavy atom. The fraction of sp³-hybridized carbons (Fsp3) is 0.267. The van der Waals surface area contributed by atoms with Crippen LogP contribution in [0.4, 0.5) is 0 Å². The summed E-state index contributed by atoms with van der Waals surface area (Å²) in [6.07, 6.45) is 2.47. The predicted octanol–water partition coefficient (Wildman–Crippen LogP) is 2.66. The normalized spacial score (nSPS) is 11.4. The van der Waals surface area contributed by atoms with Crippen LogP contribution >= 0.6 is 11.3 Å². The Morgan fingerprint density at radius 1 is 1.52 bits per heavy atom. The Hall–Kier alpha value is -2.39. The Labute approximate surface area is 127 Å². The number of thiazole rings is 1. The molecule has 5 nitrogen and oxygen atoms in total. The molecule has 1 atom stereocenters. The van der Waals surface area contributed by atoms with Crippen molar-refractivity contribution in [1.82, 2.24) is 10.3 Å². The van der Waals surface area contributed by atoms with Crippen LogP contribution in [-0.4, -0.2) is 17.5 Å². The van der Waals surface area contributed by atoms with Crippen LogP contribution in [0, 0.1) is 11.3 Å². The van der Waals surface area contributed by atoms with Gasteiger partial charge in [0.25, 0.3) is 5.91 Å². The van der Waals surface area contributed by atoms with E-state index in [-0.39, 0.29) is 18.6 Å². The monoisotopic (exact) mass is 301 g/mol. The highest BCUT2D eigenvalue weighted by molar-refractivity contribution is 7.09. The number of carbonyl (C=O) groups excluding carboxylic acids is 1. The molecule has 0 saturated carbocycles. The summed E-state index contributed by atoms with van der Waals surface area (Å²) in [7, 11) is 0. The van der Waals surface area contributed by atoms with Gasteiger partial charge in [0.15, 0.2) is 6.61 Å². The van der Waals surface area contributed by atoms with Crippen LogP contribution in [0.15, 0.2) is 35.8 Å². The van der Waals surface area contributed by atoms with Gasteiger partial charge >= 0.3 is 0 Å². The SMILES string of the molecule is CCC(NC(=O)COc1ccccc1C#N)c1nccs1. The summed E-state index contributed by atoms with van der Waals surface area (Å²) in [6.45, 7) is 1.86. The van der Waals surface area contributed by atoms with Gasteiger partial charge in [-0.3, -0.25) is 4.79 Å². The minimum Gasteiger partial charge on any atom is -0.482 e. The lowest BCUT2D eigenvalue weighted by molar-refractivity contribution is -0.123. The lowest BCUT2D eigenvalue weighted by Gasteiger charge is -2.15. The maximum Gasteiger partial charge on any atom is 0.258 e. The average Bonchev–Trinajstić information content (AvgIpc) is 3.05. The van der Waals surface area contributed by atoms with Crippen molar-refractivity contribution in [3.05, 3.63) is 46.4 Å². The number of aromatic nitrogens is 1. The molecule has 1 unspecified atom stereocenters. The quantitative estimate of drug-likeness (QED) is 0.890. The Kier molecular flexibility index (Phi) is 5.29. The minimum absolute atomic E-state index is 0.104. The third kappa shape index (κ3) is 4.04. The molecule has 6 heteroatoms. The van der Waals surface area contributed by atoms with E-state index in [0.717, 1.165) is 11.4 Å². The average molecular weight is 301 g/mol. The summed E-state index contributed by atoms with van der Waals surface area (Å²) in [5.41, 5.74) is 0.414. The summed E-state index contributed by atoms with van der Waals surface area (Å²) in [4.78, 5) is 16.1. The van der Waals surface area contributed by atoms with E-state index in [2.05, 4.69) is 10.3 Å². The molecule has 0 aliphatic heterocycles. The first-order valence-corrected chi connectivity index (χ1v) is 7.43. The molecule has 108 valence electrons. The summed E-state index contributed by atoms with van der Waals surface area (Å²) < 4.78 is 5.40. The van der Waals surface area contributed by atoms with Gasteiger partial charge in [0.2, 0.25) is 0 Å². The molecular formula is C15H15N3O2S. The van der Waals surface area contributed by atoms with E-state index in [1.165, 1.54) is 11.3 Å². The van der Waals surface area contributed by atoms with Crippen LogP contribution in [-0.2, 0) is 4.79 Å². The number of hydrogen-bond acceptors (Lipinski definition) is 5. The van der Waals surface area contributed by atoms with Crippen molar-refractivity contribution in [3.8, 4) is 11.8 Å². The number of nitriles is 1. The second kappa shape index (κ2) is 7.41. The number of hydrogen-bond donors (Lipinski definition) is 1. The number of benzene rings is 1. The first-order chi connectivity index (χ1) is 10.2. The zero-order valence-electron chi connectivity index (χ0n) is 11.6. The topological polar surface area (TPSA) is 75.0 Å². The van der Waals surface area contributed by atoms with E-state index in [0.29, 0.717) is 11.3 Å². The van der Waals surface area contributed by atoms with Gasteiger partial charge in [-0.05, 0) is 18.6 Å². The predicted molar refractivity (Wildman–Crippen MR) is 79.9 cm³/mol. The van der Waals surface area contributed by atoms with Crippen LogP contribution in [0.2, 0.25) is 0 Å². The third-order valence-corrected chi connectivity index (χ3v) is 3.75. The minimum atomic E-state index is -0.232. The zero-order chi connectivity index (χ0) is 15.1. The molecule has 1 aromatic heterocycles. The molecule has 0 fully saturated rings. The molecule has 0 spiro atoms. The van der Waals surface area contributed by atoms with Crippen molar-refractivity contribution in [2.24, 2.45) is 0 Å². The highest BCUT2D eigenvalue weighted by Crippen LogP contribution is 2.19. The molecule has 1 N–H and O–H groups in total. The Bertz CT molecular complexity index is 635. The number of nitrogens with zero attached hydrogens (tertiary/aromatic N) is 2. The molecule has 0 saturated heterocycles. The van der Waals surface area contributed by atoms with E-state index < -0.39 is 0 Å². The van der Waals surface area contributed by atoms with E-state index >= 15 is 0 Å². The molecular weight excluding hydrogens is 286 g/mol. The largest absolute Gasteiger partial charge is 0.482 e. The van der Waals surface area contributed by atoms with E-state index in [9.17, 15) is 4.79 Å². The molecule has 2 rings (SSSR count). The standard InChI is InChI=1S/C15H15N3O2S/c1-2-12(15-17-7-8-21-15)18-14(19)10-20-13-6-4-3-5-11(13)9-16/h3-8,12H,2,10H2,1H3,(H,18,19). The molecule has 1 heterocycles. The van der Waals surface area contributed by atoms with Gasteiger partial charge in [0.1, 0.15) is 16.8 Å². The van der Waals surface area contributed by atoms with E-state index in [1.54, 1.807) is 30.5 Å². The van der Waals surface area contributed by atoms with Crippen LogP contribution in [0.5, 0.6) is 5.75 Å². The number of para-hydroxylation sites is 1. The first kappa shape index (κ1) is 15.0. The van der Waals surface area contributed by atoms with Crippen molar-refractivity contribution < 1.29 is 9.53 Å². The molecule has 0 bridgehead atoms. The second-order valence-corrected chi connectivity index (χ2v) is 5.22. The molecule has 0 aliphatic carbocycles. The van der Waals surface area contributed by atoms with Gasteiger partial charge in [-0.2, -0.15) is 5.26 Å². The van der Waals surface area contributed by atoms with Gasteiger partial charge in [-0.1, -0.05) is 19.1 Å². The maximum atomic E-state index is 11.9. The number of carbonyl (C=O) groups is 1. The summed E-state index contributed by atoms with van der Waals surface area (Å²) >= 11 is 1.51. The number of nitrogens with one attached hydrogen (secondary N) is 1. The van der Waals surface area contributed by atoms with Gasteiger partial charge in [-0.15, -0.1) is 11.3 Å². The first-order valence-electron chi connectivity index (χ1n) is 6.55. The number of ether oxygens (including phenoxy) is 1. The fourth-order valence-electron chi connectivity index (χ4n) is 1.81. The van der Waals surface area contributed by atoms with Crippen LogP contribution in [0.3, 0.4) is 0 Å². The van der Waals surface area contributed by atoms with Crippen LogP contribution in [0.25, 0.3) is 0 Å². The highest BCUT2D eigenvalue weighted by atomic mass is 32.1. The Balaban J connectivity index is 1.92. The van der Waals surface area contributed by atoms with Gasteiger partial charge < -0.3 is 10.1 Å². The maximum absolute atomic E-state index is 11.9. The smallest absolute Gasteiger partial charge is 0.258 e. The van der Waals surface area contributed by atoms with Gasteiger partial charge in [0, 0.05) is 11.6 Å². The fourth-order valence-corrected chi connectivity index (χ4v) is 2.58. The van der Waals surface area contributed by atoms with E-state index in [1.807, 2.05) is 18.4 Å². The molecule has 1 amide bonds. The highest BCUT2D eigenvalue weighted by Gasteiger charge is 2.15. The third-order valence-electron chi connectivity index (χ3n) is 2.86. The van der Waals surface area contributed by atoms with Crippen LogP contribution in [0.1, 0.15) is 30.0 Å². The summed E-state index contributed by atoms with van der Waals surface area (Å²) in [6, 6.07) is 8.76. The van der Waals surface area contributed by atoms with Crippen molar-refractivity contribution in [2.75, 3.05) is 6.61 Å². The summed E-state index contributed by atoms with van der Waals surface area (Å²) in [5, 5.41) is 14.6.